The molecule has 1 aliphatic heterocycles. The van der Waals surface area contributed by atoms with Crippen LogP contribution in [0.25, 0.3) is 0 Å². The standard InChI is InChI=1S/C30H32N4O12/c35-27(36)19-3-7-23(43-19)31-11-1-12-32(24-8-4-20(44-24)28(37)38)16-18-34(26-10-6-22(46-26)30(41)42)14-2-13-33(17-15-31)25-9-5-21(45-25)29(39)40/h3-10H,1-2,11-18H2,(H,35,36)(H,37,38)(H,39,40)(H,41,42). The third-order valence-electron chi connectivity index (χ3n) is 7.45. The molecule has 1 fully saturated rings. The summed E-state index contributed by atoms with van der Waals surface area (Å²) in [6.07, 6.45) is 1.03. The molecule has 0 unspecified atom stereocenters. The van der Waals surface area contributed by atoms with Crippen molar-refractivity contribution in [2.24, 2.45) is 0 Å². The van der Waals surface area contributed by atoms with Gasteiger partial charge in [0.05, 0.1) is 0 Å². The average Bonchev–Trinajstić information content (AvgIpc) is 3.84. The molecule has 16 nitrogen and oxygen atoms in total. The summed E-state index contributed by atoms with van der Waals surface area (Å²) < 4.78 is 22.4. The molecule has 5 rings (SSSR count). The number of carboxylic acids is 4. The number of aromatic carboxylic acids is 4. The van der Waals surface area contributed by atoms with Gasteiger partial charge in [0.15, 0.2) is 23.5 Å². The van der Waals surface area contributed by atoms with Gasteiger partial charge in [-0.3, -0.25) is 0 Å². The maximum Gasteiger partial charge on any atom is 0.371 e. The number of furan rings is 4. The first-order valence-electron chi connectivity index (χ1n) is 14.4. The molecule has 46 heavy (non-hydrogen) atoms. The minimum Gasteiger partial charge on any atom is -0.475 e. The number of rotatable bonds is 8. The Labute approximate surface area is 261 Å². The van der Waals surface area contributed by atoms with Gasteiger partial charge in [-0.05, 0) is 37.1 Å². The Hall–Kier alpha value is -5.80. The highest BCUT2D eigenvalue weighted by Gasteiger charge is 2.23. The SMILES string of the molecule is O=C(O)c1ccc(N2CCCN(c3ccc(C(=O)O)o3)CCN(c3ccc(C(=O)O)o3)CCCN(c3ccc(C(=O)O)o3)CC2)o1. The Balaban J connectivity index is 1.44. The lowest BCUT2D eigenvalue weighted by molar-refractivity contribution is 0.0653. The summed E-state index contributed by atoms with van der Waals surface area (Å²) in [6, 6.07) is 11.8. The van der Waals surface area contributed by atoms with Gasteiger partial charge >= 0.3 is 23.9 Å². The molecular formula is C30H32N4O12. The van der Waals surface area contributed by atoms with Crippen LogP contribution in [-0.2, 0) is 0 Å². The van der Waals surface area contributed by atoms with E-state index in [4.69, 9.17) is 17.7 Å². The van der Waals surface area contributed by atoms with Gasteiger partial charge in [0.1, 0.15) is 0 Å². The van der Waals surface area contributed by atoms with E-state index in [-0.39, 0.29) is 23.0 Å². The molecule has 4 aromatic heterocycles. The van der Waals surface area contributed by atoms with Crippen molar-refractivity contribution in [2.75, 3.05) is 72.0 Å². The predicted octanol–water partition coefficient (Wildman–Crippen LogP) is 3.97. The number of carbonyl (C=O) groups is 4. The lowest BCUT2D eigenvalue weighted by Gasteiger charge is -2.32. The highest BCUT2D eigenvalue weighted by Crippen LogP contribution is 2.25. The van der Waals surface area contributed by atoms with Crippen LogP contribution in [0.3, 0.4) is 0 Å². The summed E-state index contributed by atoms with van der Waals surface area (Å²) in [5, 5.41) is 37.6. The van der Waals surface area contributed by atoms with Crippen LogP contribution in [0.4, 0.5) is 23.5 Å². The van der Waals surface area contributed by atoms with Gasteiger partial charge in [0.25, 0.3) is 0 Å². The second kappa shape index (κ2) is 13.9. The lowest BCUT2D eigenvalue weighted by Crippen LogP contribution is -2.41. The van der Waals surface area contributed by atoms with Crippen LogP contribution in [0, 0.1) is 0 Å². The lowest BCUT2D eigenvalue weighted by atomic mass is 10.2. The largest absolute Gasteiger partial charge is 0.475 e. The Kier molecular flexibility index (Phi) is 9.54. The highest BCUT2D eigenvalue weighted by atomic mass is 16.4. The van der Waals surface area contributed by atoms with Gasteiger partial charge in [0, 0.05) is 76.6 Å². The molecule has 0 amide bonds. The number of anilines is 4. The monoisotopic (exact) mass is 640 g/mol. The molecule has 0 bridgehead atoms. The van der Waals surface area contributed by atoms with Crippen molar-refractivity contribution in [3.05, 3.63) is 71.6 Å². The van der Waals surface area contributed by atoms with Gasteiger partial charge in [-0.15, -0.1) is 0 Å². The molecule has 1 saturated heterocycles. The van der Waals surface area contributed by atoms with Crippen LogP contribution >= 0.6 is 0 Å². The summed E-state index contributed by atoms with van der Waals surface area (Å²) in [5.41, 5.74) is 0. The van der Waals surface area contributed by atoms with Crippen molar-refractivity contribution in [2.45, 2.75) is 12.8 Å². The summed E-state index contributed by atoms with van der Waals surface area (Å²) in [6.45, 7) is 3.04. The van der Waals surface area contributed by atoms with Crippen LogP contribution in [0.1, 0.15) is 55.1 Å². The van der Waals surface area contributed by atoms with E-state index >= 15 is 0 Å². The van der Waals surface area contributed by atoms with Crippen molar-refractivity contribution in [3.63, 3.8) is 0 Å². The van der Waals surface area contributed by atoms with E-state index in [2.05, 4.69) is 0 Å². The molecule has 4 N–H and O–H groups in total. The summed E-state index contributed by atoms with van der Waals surface area (Å²) in [7, 11) is 0. The fourth-order valence-electron chi connectivity index (χ4n) is 5.17. The number of hydrogen-bond acceptors (Lipinski definition) is 12. The first kappa shape index (κ1) is 31.6. The van der Waals surface area contributed by atoms with E-state index in [9.17, 15) is 39.6 Å². The van der Waals surface area contributed by atoms with Crippen molar-refractivity contribution < 1.29 is 57.3 Å². The minimum absolute atomic E-state index is 0.217. The molecule has 0 saturated carbocycles. The average molecular weight is 641 g/mol. The third kappa shape index (κ3) is 7.46. The van der Waals surface area contributed by atoms with Crippen molar-refractivity contribution in [1.29, 1.82) is 0 Å². The highest BCUT2D eigenvalue weighted by molar-refractivity contribution is 5.86. The van der Waals surface area contributed by atoms with E-state index in [1.807, 2.05) is 19.6 Å². The van der Waals surface area contributed by atoms with Crippen molar-refractivity contribution >= 4 is 47.4 Å². The third-order valence-corrected chi connectivity index (χ3v) is 7.45. The number of hydrogen-bond donors (Lipinski definition) is 4. The van der Waals surface area contributed by atoms with Crippen LogP contribution in [0.15, 0.2) is 66.2 Å². The zero-order valence-electron chi connectivity index (χ0n) is 24.5. The van der Waals surface area contributed by atoms with E-state index in [0.717, 1.165) is 0 Å². The Morgan fingerprint density at radius 3 is 0.783 bits per heavy atom. The molecule has 0 radical (unpaired) electrons. The Morgan fingerprint density at radius 2 is 0.609 bits per heavy atom. The van der Waals surface area contributed by atoms with Crippen LogP contribution in [0.2, 0.25) is 0 Å². The maximum absolute atomic E-state index is 11.5. The topological polar surface area (TPSA) is 215 Å². The molecule has 0 atom stereocenters. The van der Waals surface area contributed by atoms with Crippen LogP contribution in [-0.4, -0.2) is 96.7 Å². The molecule has 0 aliphatic carbocycles. The van der Waals surface area contributed by atoms with Gasteiger partial charge in [0.2, 0.25) is 23.0 Å². The van der Waals surface area contributed by atoms with Crippen LogP contribution in [0.5, 0.6) is 0 Å². The fraction of sp³-hybridized carbons (Fsp3) is 0.333. The molecule has 0 aromatic carbocycles. The summed E-state index contributed by atoms with van der Waals surface area (Å²) >= 11 is 0. The van der Waals surface area contributed by atoms with Gasteiger partial charge in [-0.2, -0.15) is 0 Å². The molecular weight excluding hydrogens is 608 g/mol. The number of nitrogens with zero attached hydrogens (tertiary/aromatic N) is 4. The van der Waals surface area contributed by atoms with Crippen molar-refractivity contribution in [3.8, 4) is 0 Å². The molecule has 244 valence electrons. The molecule has 0 spiro atoms. The second-order valence-corrected chi connectivity index (χ2v) is 10.4. The summed E-state index contributed by atoms with van der Waals surface area (Å²) in [4.78, 5) is 53.5. The smallest absolute Gasteiger partial charge is 0.371 e. The number of carboxylic acid groups (broad SMARTS) is 4. The van der Waals surface area contributed by atoms with E-state index in [1.165, 1.54) is 24.3 Å². The van der Waals surface area contributed by atoms with Gasteiger partial charge < -0.3 is 57.7 Å². The van der Waals surface area contributed by atoms with E-state index < -0.39 is 23.9 Å². The van der Waals surface area contributed by atoms with Crippen LogP contribution < -0.4 is 19.6 Å². The van der Waals surface area contributed by atoms with Crippen molar-refractivity contribution in [1.82, 2.24) is 0 Å². The molecule has 16 heteroatoms. The minimum atomic E-state index is -1.21. The predicted molar refractivity (Wildman–Crippen MR) is 161 cm³/mol. The maximum atomic E-state index is 11.5. The normalized spacial score (nSPS) is 15.5. The quantitative estimate of drug-likeness (QED) is 0.214. The summed E-state index contributed by atoms with van der Waals surface area (Å²) in [5.74, 6) is -4.34. The van der Waals surface area contributed by atoms with Gasteiger partial charge in [-0.1, -0.05) is 0 Å². The van der Waals surface area contributed by atoms with E-state index in [1.54, 1.807) is 24.3 Å². The first-order chi connectivity index (χ1) is 22.1. The zero-order valence-corrected chi connectivity index (χ0v) is 24.5. The molecule has 1 aliphatic rings. The van der Waals surface area contributed by atoms with E-state index in [0.29, 0.717) is 88.7 Å². The first-order valence-corrected chi connectivity index (χ1v) is 14.4. The van der Waals surface area contributed by atoms with Gasteiger partial charge in [-0.25, -0.2) is 19.2 Å². The molecule has 4 aromatic rings. The second-order valence-electron chi connectivity index (χ2n) is 10.4. The molecule has 5 heterocycles. The Bertz CT molecular complexity index is 1440. The Morgan fingerprint density at radius 1 is 0.391 bits per heavy atom. The fourth-order valence-corrected chi connectivity index (χ4v) is 5.17. The zero-order chi connectivity index (χ0) is 32.8.